The van der Waals surface area contributed by atoms with Crippen LogP contribution in [0, 0.1) is 6.92 Å². The van der Waals surface area contributed by atoms with Crippen molar-refractivity contribution in [1.82, 2.24) is 9.78 Å². The molecule has 1 aromatic heterocycles. The van der Waals surface area contributed by atoms with Crippen LogP contribution in [-0.4, -0.2) is 25.3 Å². The van der Waals surface area contributed by atoms with Crippen molar-refractivity contribution in [3.63, 3.8) is 0 Å². The van der Waals surface area contributed by atoms with Gasteiger partial charge in [0.05, 0.1) is 18.5 Å². The molecule has 0 saturated heterocycles. The Labute approximate surface area is 117 Å². The predicted octanol–water partition coefficient (Wildman–Crippen LogP) is 1.12. The zero-order chi connectivity index (χ0) is 14.9. The number of anilines is 2. The molecular formula is C12H16N4O3S. The van der Waals surface area contributed by atoms with E-state index in [1.807, 2.05) is 0 Å². The highest BCUT2D eigenvalue weighted by atomic mass is 32.2. The van der Waals surface area contributed by atoms with E-state index in [1.54, 1.807) is 26.2 Å². The van der Waals surface area contributed by atoms with Gasteiger partial charge in [0.15, 0.2) is 0 Å². The van der Waals surface area contributed by atoms with E-state index in [0.29, 0.717) is 17.1 Å². The second-order valence-corrected chi connectivity index (χ2v) is 5.97. The maximum Gasteiger partial charge on any atom is 0.265 e. The fourth-order valence-electron chi connectivity index (χ4n) is 1.80. The topological polar surface area (TPSA) is 99.2 Å². The molecule has 0 spiro atoms. The number of nitrogens with zero attached hydrogens (tertiary/aromatic N) is 2. The molecule has 0 radical (unpaired) electrons. The highest BCUT2D eigenvalue weighted by Crippen LogP contribution is 2.28. The van der Waals surface area contributed by atoms with Crippen LogP contribution in [-0.2, 0) is 17.1 Å². The van der Waals surface area contributed by atoms with Crippen molar-refractivity contribution in [2.24, 2.45) is 7.05 Å². The number of nitrogen functional groups attached to an aromatic ring is 1. The van der Waals surface area contributed by atoms with E-state index in [1.165, 1.54) is 23.9 Å². The van der Waals surface area contributed by atoms with Gasteiger partial charge >= 0.3 is 0 Å². The first-order valence-corrected chi connectivity index (χ1v) is 7.28. The molecule has 0 saturated carbocycles. The van der Waals surface area contributed by atoms with Crippen LogP contribution in [0.1, 0.15) is 5.69 Å². The van der Waals surface area contributed by atoms with Crippen molar-refractivity contribution in [2.45, 2.75) is 11.8 Å². The van der Waals surface area contributed by atoms with E-state index in [2.05, 4.69) is 9.82 Å². The third kappa shape index (κ3) is 2.69. The molecule has 1 heterocycles. The van der Waals surface area contributed by atoms with E-state index in [4.69, 9.17) is 10.5 Å². The Bertz CT molecular complexity index is 737. The molecular weight excluding hydrogens is 280 g/mol. The third-order valence-electron chi connectivity index (χ3n) is 2.73. The van der Waals surface area contributed by atoms with Crippen LogP contribution in [0.2, 0.25) is 0 Å². The van der Waals surface area contributed by atoms with Gasteiger partial charge in [0, 0.05) is 18.9 Å². The molecule has 8 heteroatoms. The van der Waals surface area contributed by atoms with Crippen LogP contribution in [0.3, 0.4) is 0 Å². The van der Waals surface area contributed by atoms with Crippen molar-refractivity contribution in [3.05, 3.63) is 30.1 Å². The van der Waals surface area contributed by atoms with E-state index in [9.17, 15) is 8.42 Å². The average Bonchev–Trinajstić information content (AvgIpc) is 2.67. The lowest BCUT2D eigenvalue weighted by Gasteiger charge is -2.11. The molecule has 0 atom stereocenters. The number of aryl methyl sites for hydroxylation is 2. The molecule has 1 aromatic carbocycles. The van der Waals surface area contributed by atoms with Gasteiger partial charge in [-0.3, -0.25) is 9.40 Å². The van der Waals surface area contributed by atoms with Crippen molar-refractivity contribution < 1.29 is 13.2 Å². The maximum absolute atomic E-state index is 12.4. The molecule has 0 bridgehead atoms. The van der Waals surface area contributed by atoms with Crippen LogP contribution >= 0.6 is 0 Å². The molecule has 0 aliphatic rings. The molecule has 0 unspecified atom stereocenters. The molecule has 20 heavy (non-hydrogen) atoms. The lowest BCUT2D eigenvalue weighted by molar-refractivity contribution is 0.403. The molecule has 108 valence electrons. The smallest absolute Gasteiger partial charge is 0.265 e. The van der Waals surface area contributed by atoms with Crippen LogP contribution in [0.25, 0.3) is 0 Å². The van der Waals surface area contributed by atoms with Crippen molar-refractivity contribution >= 4 is 21.4 Å². The fourth-order valence-corrected chi connectivity index (χ4v) is 3.11. The van der Waals surface area contributed by atoms with Crippen LogP contribution in [0.15, 0.2) is 29.3 Å². The summed E-state index contributed by atoms with van der Waals surface area (Å²) in [5, 5.41) is 4.08. The normalized spacial score (nSPS) is 11.3. The maximum atomic E-state index is 12.4. The fraction of sp³-hybridized carbons (Fsp3) is 0.250. The van der Waals surface area contributed by atoms with Gasteiger partial charge in [-0.15, -0.1) is 0 Å². The summed E-state index contributed by atoms with van der Waals surface area (Å²) in [4.78, 5) is -0.0109. The molecule has 0 amide bonds. The minimum absolute atomic E-state index is 0.0109. The monoisotopic (exact) mass is 296 g/mol. The number of hydrogen-bond donors (Lipinski definition) is 2. The largest absolute Gasteiger partial charge is 0.495 e. The second-order valence-electron chi connectivity index (χ2n) is 4.32. The van der Waals surface area contributed by atoms with Gasteiger partial charge in [0.1, 0.15) is 10.6 Å². The van der Waals surface area contributed by atoms with Gasteiger partial charge in [0.25, 0.3) is 10.0 Å². The van der Waals surface area contributed by atoms with Gasteiger partial charge in [0.2, 0.25) is 0 Å². The van der Waals surface area contributed by atoms with E-state index >= 15 is 0 Å². The first kappa shape index (κ1) is 14.2. The first-order chi connectivity index (χ1) is 9.33. The molecule has 7 nitrogen and oxygen atoms in total. The Morgan fingerprint density at radius 2 is 2.10 bits per heavy atom. The number of hydrogen-bond acceptors (Lipinski definition) is 5. The third-order valence-corrected chi connectivity index (χ3v) is 4.12. The number of benzene rings is 1. The minimum atomic E-state index is -3.80. The second kappa shape index (κ2) is 5.04. The summed E-state index contributed by atoms with van der Waals surface area (Å²) in [5.41, 5.74) is 6.98. The van der Waals surface area contributed by atoms with Crippen molar-refractivity contribution in [3.8, 4) is 5.75 Å². The first-order valence-electron chi connectivity index (χ1n) is 5.80. The highest BCUT2D eigenvalue weighted by Gasteiger charge is 2.21. The zero-order valence-electron chi connectivity index (χ0n) is 11.4. The van der Waals surface area contributed by atoms with E-state index < -0.39 is 10.0 Å². The average molecular weight is 296 g/mol. The van der Waals surface area contributed by atoms with E-state index in [0.717, 1.165) is 0 Å². The molecule has 2 rings (SSSR count). The SMILES string of the molecule is COc1ccc(N)cc1S(=O)(=O)Nc1cn(C)nc1C. The van der Waals surface area contributed by atoms with Crippen molar-refractivity contribution in [1.29, 1.82) is 0 Å². The summed E-state index contributed by atoms with van der Waals surface area (Å²) in [6.07, 6.45) is 1.59. The summed E-state index contributed by atoms with van der Waals surface area (Å²) >= 11 is 0. The number of sulfonamides is 1. The van der Waals surface area contributed by atoms with Gasteiger partial charge in [-0.25, -0.2) is 8.42 Å². The molecule has 0 fully saturated rings. The Kier molecular flexibility index (Phi) is 3.58. The zero-order valence-corrected chi connectivity index (χ0v) is 12.2. The predicted molar refractivity (Wildman–Crippen MR) is 76.2 cm³/mol. The molecule has 0 aliphatic heterocycles. The summed E-state index contributed by atoms with van der Waals surface area (Å²) < 4.78 is 33.9. The number of nitrogens with one attached hydrogen (secondary N) is 1. The number of rotatable bonds is 4. The lowest BCUT2D eigenvalue weighted by Crippen LogP contribution is -2.14. The number of nitrogens with two attached hydrogens (primary N) is 1. The van der Waals surface area contributed by atoms with Crippen molar-refractivity contribution in [2.75, 3.05) is 17.6 Å². The van der Waals surface area contributed by atoms with Gasteiger partial charge < -0.3 is 10.5 Å². The summed E-state index contributed by atoms with van der Waals surface area (Å²) in [7, 11) is -0.679. The van der Waals surface area contributed by atoms with Gasteiger partial charge in [-0.1, -0.05) is 0 Å². The van der Waals surface area contributed by atoms with E-state index in [-0.39, 0.29) is 10.6 Å². The molecule has 2 aromatic rings. The van der Waals surface area contributed by atoms with Gasteiger partial charge in [-0.05, 0) is 25.1 Å². The van der Waals surface area contributed by atoms with Crippen LogP contribution in [0.5, 0.6) is 5.75 Å². The highest BCUT2D eigenvalue weighted by molar-refractivity contribution is 7.92. The number of ether oxygens (including phenoxy) is 1. The summed E-state index contributed by atoms with van der Waals surface area (Å²) in [5.74, 6) is 0.230. The Hall–Kier alpha value is -2.22. The molecule has 3 N–H and O–H groups in total. The Balaban J connectivity index is 2.45. The lowest BCUT2D eigenvalue weighted by atomic mass is 10.3. The van der Waals surface area contributed by atoms with Crippen LogP contribution < -0.4 is 15.2 Å². The quantitative estimate of drug-likeness (QED) is 0.824. The summed E-state index contributed by atoms with van der Waals surface area (Å²) in [6, 6.07) is 4.44. The van der Waals surface area contributed by atoms with Gasteiger partial charge in [-0.2, -0.15) is 5.10 Å². The molecule has 0 aliphatic carbocycles. The number of methoxy groups -OCH3 is 1. The Morgan fingerprint density at radius 1 is 1.40 bits per heavy atom. The summed E-state index contributed by atoms with van der Waals surface area (Å²) in [6.45, 7) is 1.72. The Morgan fingerprint density at radius 3 is 2.65 bits per heavy atom. The number of aromatic nitrogens is 2. The van der Waals surface area contributed by atoms with Crippen LogP contribution in [0.4, 0.5) is 11.4 Å². The minimum Gasteiger partial charge on any atom is -0.495 e. The standard InChI is InChI=1S/C12H16N4O3S/c1-8-10(7-16(2)14-8)15-20(17,18)12-6-9(13)4-5-11(12)19-3/h4-7,15H,13H2,1-3H3.